The van der Waals surface area contributed by atoms with Crippen LogP contribution in [0, 0.1) is 0 Å². The van der Waals surface area contributed by atoms with E-state index >= 15 is 0 Å². The maximum Gasteiger partial charge on any atom is 0.140 e. The van der Waals surface area contributed by atoms with Crippen LogP contribution in [-0.2, 0) is 4.74 Å². The van der Waals surface area contributed by atoms with E-state index in [0.717, 1.165) is 0 Å². The lowest BCUT2D eigenvalue weighted by Crippen LogP contribution is -2.47. The Morgan fingerprint density at radius 3 is 2.78 bits per heavy atom. The Balaban J connectivity index is 2.53. The molecule has 0 aromatic heterocycles. The zero-order valence-electron chi connectivity index (χ0n) is 5.37. The fraction of sp³-hybridized carbons (Fsp3) is 0.667. The molecule has 1 aliphatic heterocycles. The fourth-order valence-corrected chi connectivity index (χ4v) is 0.757. The third-order valence-electron chi connectivity index (χ3n) is 1.26. The molecule has 0 bridgehead atoms. The minimum Gasteiger partial charge on any atom is -0.373 e. The van der Waals surface area contributed by atoms with E-state index in [9.17, 15) is 0 Å². The highest BCUT2D eigenvalue weighted by atomic mass is 16.5. The average molecular weight is 129 g/mol. The Morgan fingerprint density at radius 2 is 2.56 bits per heavy atom. The molecule has 2 atom stereocenters. The molecule has 3 nitrogen and oxygen atoms in total. The van der Waals surface area contributed by atoms with Gasteiger partial charge in [-0.3, -0.25) is 0 Å². The van der Waals surface area contributed by atoms with Crippen molar-refractivity contribution in [1.82, 2.24) is 0 Å². The van der Waals surface area contributed by atoms with Gasteiger partial charge in [0.1, 0.15) is 11.8 Å². The molecular formula is C6H11NO2. The Bertz CT molecular complexity index is 126. The first-order valence-electron chi connectivity index (χ1n) is 2.90. The predicted molar refractivity (Wildman–Crippen MR) is 33.7 cm³/mol. The maximum absolute atomic E-state index is 9.12. The van der Waals surface area contributed by atoms with Gasteiger partial charge in [0.05, 0.1) is 6.61 Å². The number of hydrogen-bond donors (Lipinski definition) is 2. The van der Waals surface area contributed by atoms with Crippen LogP contribution in [0.3, 0.4) is 0 Å². The van der Waals surface area contributed by atoms with E-state index in [0.29, 0.717) is 6.61 Å². The van der Waals surface area contributed by atoms with Crippen molar-refractivity contribution in [2.75, 3.05) is 6.61 Å². The quantitative estimate of drug-likeness (QED) is 0.374. The highest BCUT2D eigenvalue weighted by molar-refractivity contribution is 5.01. The van der Waals surface area contributed by atoms with Gasteiger partial charge in [-0.15, -0.1) is 0 Å². The summed E-state index contributed by atoms with van der Waals surface area (Å²) in [6.07, 6.45) is 3.27. The molecule has 9 heavy (non-hydrogen) atoms. The minimum absolute atomic E-state index is 0.336. The second-order valence-electron chi connectivity index (χ2n) is 2.41. The van der Waals surface area contributed by atoms with Crippen LogP contribution < -0.4 is 5.73 Å². The number of ether oxygens (including phenoxy) is 1. The second-order valence-corrected chi connectivity index (χ2v) is 2.41. The third kappa shape index (κ3) is 1.51. The molecule has 1 aliphatic rings. The van der Waals surface area contributed by atoms with Gasteiger partial charge in [0.25, 0.3) is 0 Å². The summed E-state index contributed by atoms with van der Waals surface area (Å²) in [6.45, 7) is 2.07. The lowest BCUT2D eigenvalue weighted by molar-refractivity contribution is -0.0546. The normalized spacial score (nSPS) is 32.6. The van der Waals surface area contributed by atoms with E-state index in [1.165, 1.54) is 6.92 Å². The first-order valence-corrected chi connectivity index (χ1v) is 2.90. The Morgan fingerprint density at radius 1 is 1.89 bits per heavy atom. The van der Waals surface area contributed by atoms with Gasteiger partial charge in [0.2, 0.25) is 0 Å². The summed E-state index contributed by atoms with van der Waals surface area (Å²) in [5.74, 6) is 0. The average Bonchev–Trinajstić information content (AvgIpc) is 2.08. The number of nitrogens with two attached hydrogens (primary N) is 1. The van der Waals surface area contributed by atoms with Crippen molar-refractivity contribution in [3.05, 3.63) is 12.2 Å². The first kappa shape index (κ1) is 6.74. The molecule has 1 unspecified atom stereocenters. The predicted octanol–water partition coefficient (Wildman–Crippen LogP) is -0.391. The van der Waals surface area contributed by atoms with E-state index < -0.39 is 5.72 Å². The van der Waals surface area contributed by atoms with Gasteiger partial charge in [-0.1, -0.05) is 12.2 Å². The van der Waals surface area contributed by atoms with Gasteiger partial charge in [0, 0.05) is 0 Å². The molecule has 52 valence electrons. The summed E-state index contributed by atoms with van der Waals surface area (Å²) in [5.41, 5.74) is 4.09. The number of rotatable bonds is 1. The molecule has 0 fully saturated rings. The Hall–Kier alpha value is -0.380. The van der Waals surface area contributed by atoms with E-state index in [1.54, 1.807) is 6.08 Å². The van der Waals surface area contributed by atoms with Crippen LogP contribution >= 0.6 is 0 Å². The van der Waals surface area contributed by atoms with Crippen molar-refractivity contribution >= 4 is 0 Å². The highest BCUT2D eigenvalue weighted by Crippen LogP contribution is 2.12. The fourth-order valence-electron chi connectivity index (χ4n) is 0.757. The van der Waals surface area contributed by atoms with Crippen LogP contribution in [0.5, 0.6) is 0 Å². The van der Waals surface area contributed by atoms with E-state index in [4.69, 9.17) is 15.6 Å². The summed E-state index contributed by atoms with van der Waals surface area (Å²) in [6, 6.07) is 0. The topological polar surface area (TPSA) is 55.5 Å². The van der Waals surface area contributed by atoms with Crippen LogP contribution in [0.4, 0.5) is 0 Å². The lowest BCUT2D eigenvalue weighted by atomic mass is 10.1. The molecule has 0 aliphatic carbocycles. The summed E-state index contributed by atoms with van der Waals surface area (Å²) in [5, 5.41) is 9.12. The zero-order valence-corrected chi connectivity index (χ0v) is 5.37. The van der Waals surface area contributed by atoms with Crippen LogP contribution in [0.15, 0.2) is 12.2 Å². The number of aliphatic hydroxyl groups is 1. The maximum atomic E-state index is 9.12. The van der Waals surface area contributed by atoms with E-state index in [2.05, 4.69) is 0 Å². The third-order valence-corrected chi connectivity index (χ3v) is 1.26. The SMILES string of the molecule is CC(N)(O)[C@@H]1C=CCO1. The van der Waals surface area contributed by atoms with Crippen LogP contribution in [0.25, 0.3) is 0 Å². The Labute approximate surface area is 54.1 Å². The van der Waals surface area contributed by atoms with Crippen molar-refractivity contribution < 1.29 is 9.84 Å². The molecule has 1 rings (SSSR count). The molecule has 3 N–H and O–H groups in total. The van der Waals surface area contributed by atoms with Crippen LogP contribution in [0.1, 0.15) is 6.92 Å². The standard InChI is InChI=1S/C6H11NO2/c1-6(7,8)5-3-2-4-9-5/h2-3,5,8H,4,7H2,1H3/t5-,6?/m0/s1. The lowest BCUT2D eigenvalue weighted by Gasteiger charge is -2.22. The van der Waals surface area contributed by atoms with Crippen molar-refractivity contribution in [2.45, 2.75) is 18.8 Å². The Kier molecular flexibility index (Phi) is 1.57. The van der Waals surface area contributed by atoms with Gasteiger partial charge in [0.15, 0.2) is 0 Å². The largest absolute Gasteiger partial charge is 0.373 e. The molecule has 0 amide bonds. The van der Waals surface area contributed by atoms with Crippen LogP contribution in [-0.4, -0.2) is 23.5 Å². The smallest absolute Gasteiger partial charge is 0.140 e. The summed E-state index contributed by atoms with van der Waals surface area (Å²) >= 11 is 0. The highest BCUT2D eigenvalue weighted by Gasteiger charge is 2.27. The molecule has 0 aromatic rings. The first-order chi connectivity index (χ1) is 4.11. The monoisotopic (exact) mass is 129 g/mol. The summed E-state index contributed by atoms with van der Waals surface area (Å²) in [4.78, 5) is 0. The molecule has 1 heterocycles. The van der Waals surface area contributed by atoms with Gasteiger partial charge < -0.3 is 15.6 Å². The van der Waals surface area contributed by atoms with E-state index in [-0.39, 0.29) is 6.10 Å². The zero-order chi connectivity index (χ0) is 6.91. The van der Waals surface area contributed by atoms with Gasteiger partial charge >= 0.3 is 0 Å². The second kappa shape index (κ2) is 2.10. The molecule has 0 aromatic carbocycles. The van der Waals surface area contributed by atoms with Crippen LogP contribution in [0.2, 0.25) is 0 Å². The van der Waals surface area contributed by atoms with Crippen molar-refractivity contribution in [3.63, 3.8) is 0 Å². The molecule has 0 radical (unpaired) electrons. The molecule has 0 saturated heterocycles. The molecular weight excluding hydrogens is 118 g/mol. The molecule has 3 heteroatoms. The van der Waals surface area contributed by atoms with Gasteiger partial charge in [-0.25, -0.2) is 0 Å². The van der Waals surface area contributed by atoms with Gasteiger partial charge in [-0.2, -0.15) is 0 Å². The minimum atomic E-state index is -1.23. The van der Waals surface area contributed by atoms with E-state index in [1.807, 2.05) is 6.08 Å². The van der Waals surface area contributed by atoms with Crippen molar-refractivity contribution in [3.8, 4) is 0 Å². The van der Waals surface area contributed by atoms with Crippen molar-refractivity contribution in [2.24, 2.45) is 5.73 Å². The molecule has 0 spiro atoms. The molecule has 0 saturated carbocycles. The van der Waals surface area contributed by atoms with Gasteiger partial charge in [-0.05, 0) is 6.92 Å². The number of hydrogen-bond acceptors (Lipinski definition) is 3. The summed E-state index contributed by atoms with van der Waals surface area (Å²) < 4.78 is 5.03. The van der Waals surface area contributed by atoms with Crippen molar-refractivity contribution in [1.29, 1.82) is 0 Å². The summed E-state index contributed by atoms with van der Waals surface area (Å²) in [7, 11) is 0.